The molecule has 2 aromatic rings. The van der Waals surface area contributed by atoms with Gasteiger partial charge >= 0.3 is 11.9 Å². The summed E-state index contributed by atoms with van der Waals surface area (Å²) < 4.78 is 9.90. The standard InChI is InChI=1S/C22H20ClNO5/c1-28-22(27)19-12-16-7-2-3-8-17(16)13-24(19)20(25)14-29-21(26)11-10-15-6-4-5-9-18(15)23/h2-11,19H,12-14H2,1H3/b11-10+/t19-/m1/s1. The summed E-state index contributed by atoms with van der Waals surface area (Å²) >= 11 is 6.03. The normalized spacial score (nSPS) is 15.7. The highest BCUT2D eigenvalue weighted by atomic mass is 35.5. The van der Waals surface area contributed by atoms with Gasteiger partial charge in [-0.15, -0.1) is 0 Å². The van der Waals surface area contributed by atoms with E-state index < -0.39 is 30.5 Å². The van der Waals surface area contributed by atoms with Crippen molar-refractivity contribution in [2.45, 2.75) is 19.0 Å². The largest absolute Gasteiger partial charge is 0.467 e. The fourth-order valence-corrected chi connectivity index (χ4v) is 3.36. The number of ether oxygens (including phenoxy) is 2. The van der Waals surface area contributed by atoms with Crippen molar-refractivity contribution in [1.29, 1.82) is 0 Å². The topological polar surface area (TPSA) is 72.9 Å². The third kappa shape index (κ3) is 5.03. The van der Waals surface area contributed by atoms with E-state index in [4.69, 9.17) is 21.1 Å². The van der Waals surface area contributed by atoms with Crippen LogP contribution in [0.4, 0.5) is 0 Å². The maximum atomic E-state index is 12.7. The third-order valence-electron chi connectivity index (χ3n) is 4.68. The van der Waals surface area contributed by atoms with Crippen LogP contribution in [0, 0.1) is 0 Å². The second-order valence-electron chi connectivity index (χ2n) is 6.50. The number of carbonyl (C=O) groups is 3. The molecule has 0 N–H and O–H groups in total. The minimum atomic E-state index is -0.750. The summed E-state index contributed by atoms with van der Waals surface area (Å²) in [4.78, 5) is 38.2. The van der Waals surface area contributed by atoms with E-state index in [1.54, 1.807) is 24.3 Å². The van der Waals surface area contributed by atoms with Gasteiger partial charge in [0, 0.05) is 24.1 Å². The van der Waals surface area contributed by atoms with E-state index in [2.05, 4.69) is 0 Å². The lowest BCUT2D eigenvalue weighted by Gasteiger charge is -2.35. The Bertz CT molecular complexity index is 956. The number of esters is 2. The molecule has 0 saturated heterocycles. The Kier molecular flexibility index (Phi) is 6.67. The Hall–Kier alpha value is -3.12. The summed E-state index contributed by atoms with van der Waals surface area (Å²) in [7, 11) is 1.28. The molecule has 0 spiro atoms. The Morgan fingerprint density at radius 3 is 2.52 bits per heavy atom. The van der Waals surface area contributed by atoms with E-state index in [0.29, 0.717) is 17.0 Å². The van der Waals surface area contributed by atoms with Gasteiger partial charge in [-0.1, -0.05) is 54.1 Å². The number of halogens is 1. The van der Waals surface area contributed by atoms with Gasteiger partial charge < -0.3 is 14.4 Å². The highest BCUT2D eigenvalue weighted by Crippen LogP contribution is 2.24. The lowest BCUT2D eigenvalue weighted by Crippen LogP contribution is -2.50. The predicted octanol–water partition coefficient (Wildman–Crippen LogP) is 3.02. The first-order valence-electron chi connectivity index (χ1n) is 9.03. The van der Waals surface area contributed by atoms with Crippen LogP contribution in [0.15, 0.2) is 54.6 Å². The monoisotopic (exact) mass is 413 g/mol. The first-order valence-corrected chi connectivity index (χ1v) is 9.41. The van der Waals surface area contributed by atoms with Gasteiger partial charge in [0.2, 0.25) is 0 Å². The summed E-state index contributed by atoms with van der Waals surface area (Å²) in [5.41, 5.74) is 2.60. The van der Waals surface area contributed by atoms with Crippen LogP contribution in [0.2, 0.25) is 5.02 Å². The van der Waals surface area contributed by atoms with E-state index in [1.165, 1.54) is 24.2 Å². The molecule has 0 saturated carbocycles. The van der Waals surface area contributed by atoms with E-state index in [0.717, 1.165) is 11.1 Å². The van der Waals surface area contributed by atoms with Crippen molar-refractivity contribution in [3.05, 3.63) is 76.3 Å². The van der Waals surface area contributed by atoms with Gasteiger partial charge in [0.15, 0.2) is 6.61 Å². The zero-order chi connectivity index (χ0) is 20.8. The van der Waals surface area contributed by atoms with Crippen molar-refractivity contribution >= 4 is 35.5 Å². The molecule has 0 aliphatic carbocycles. The molecule has 0 fully saturated rings. The number of amides is 1. The molecule has 1 aliphatic rings. The molecule has 0 unspecified atom stereocenters. The quantitative estimate of drug-likeness (QED) is 0.556. The maximum absolute atomic E-state index is 12.7. The van der Waals surface area contributed by atoms with Crippen molar-refractivity contribution in [2.24, 2.45) is 0 Å². The minimum absolute atomic E-state index is 0.252. The molecule has 0 aromatic heterocycles. The number of fused-ring (bicyclic) bond motifs is 1. The molecule has 150 valence electrons. The molecule has 2 aromatic carbocycles. The molecule has 3 rings (SSSR count). The second-order valence-corrected chi connectivity index (χ2v) is 6.90. The van der Waals surface area contributed by atoms with Gasteiger partial charge in [0.1, 0.15) is 6.04 Å². The van der Waals surface area contributed by atoms with Crippen molar-refractivity contribution in [3.63, 3.8) is 0 Å². The van der Waals surface area contributed by atoms with Crippen LogP contribution in [-0.4, -0.2) is 42.5 Å². The Morgan fingerprint density at radius 1 is 1.10 bits per heavy atom. The second kappa shape index (κ2) is 9.39. The Morgan fingerprint density at radius 2 is 1.79 bits per heavy atom. The van der Waals surface area contributed by atoms with Crippen LogP contribution in [0.1, 0.15) is 16.7 Å². The predicted molar refractivity (Wildman–Crippen MR) is 108 cm³/mol. The van der Waals surface area contributed by atoms with Gasteiger partial charge in [0.25, 0.3) is 5.91 Å². The van der Waals surface area contributed by atoms with Crippen molar-refractivity contribution in [2.75, 3.05) is 13.7 Å². The van der Waals surface area contributed by atoms with Crippen molar-refractivity contribution in [3.8, 4) is 0 Å². The van der Waals surface area contributed by atoms with E-state index in [-0.39, 0.29) is 6.54 Å². The SMILES string of the molecule is COC(=O)[C@H]1Cc2ccccc2CN1C(=O)COC(=O)/C=C/c1ccccc1Cl. The average molecular weight is 414 g/mol. The first-order chi connectivity index (χ1) is 14.0. The fourth-order valence-electron chi connectivity index (χ4n) is 3.16. The average Bonchev–Trinajstić information content (AvgIpc) is 2.75. The lowest BCUT2D eigenvalue weighted by molar-refractivity contribution is -0.158. The van der Waals surface area contributed by atoms with Crippen molar-refractivity contribution < 1.29 is 23.9 Å². The number of carbonyl (C=O) groups excluding carboxylic acids is 3. The Balaban J connectivity index is 1.64. The molecule has 29 heavy (non-hydrogen) atoms. The summed E-state index contributed by atoms with van der Waals surface area (Å²) in [6.07, 6.45) is 3.08. The molecular weight excluding hydrogens is 394 g/mol. The highest BCUT2D eigenvalue weighted by Gasteiger charge is 2.35. The van der Waals surface area contributed by atoms with Crippen molar-refractivity contribution in [1.82, 2.24) is 4.90 Å². The van der Waals surface area contributed by atoms with Crippen LogP contribution >= 0.6 is 11.6 Å². The molecule has 1 amide bonds. The summed E-state index contributed by atoms with van der Waals surface area (Å²) in [5, 5.41) is 0.500. The van der Waals surface area contributed by atoms with Gasteiger partial charge in [-0.05, 0) is 28.8 Å². The van der Waals surface area contributed by atoms with Crippen LogP contribution in [0.25, 0.3) is 6.08 Å². The summed E-state index contributed by atoms with van der Waals surface area (Å²) in [6, 6.07) is 13.9. The molecule has 7 heteroatoms. The summed E-state index contributed by atoms with van der Waals surface area (Å²) in [6.45, 7) is -0.219. The molecule has 6 nitrogen and oxygen atoms in total. The number of nitrogens with zero attached hydrogens (tertiary/aromatic N) is 1. The number of rotatable bonds is 5. The van der Waals surface area contributed by atoms with E-state index in [1.807, 2.05) is 24.3 Å². The van der Waals surface area contributed by atoms with E-state index >= 15 is 0 Å². The minimum Gasteiger partial charge on any atom is -0.467 e. The van der Waals surface area contributed by atoms with Crippen LogP contribution in [0.3, 0.4) is 0 Å². The van der Waals surface area contributed by atoms with Gasteiger partial charge in [-0.25, -0.2) is 9.59 Å². The number of benzene rings is 2. The first kappa shape index (κ1) is 20.6. The zero-order valence-corrected chi connectivity index (χ0v) is 16.6. The van der Waals surface area contributed by atoms with Gasteiger partial charge in [-0.3, -0.25) is 4.79 Å². The molecule has 0 bridgehead atoms. The van der Waals surface area contributed by atoms with Crippen LogP contribution in [0.5, 0.6) is 0 Å². The van der Waals surface area contributed by atoms with Crippen LogP contribution in [-0.2, 0) is 36.8 Å². The van der Waals surface area contributed by atoms with Gasteiger partial charge in [0.05, 0.1) is 7.11 Å². The zero-order valence-electron chi connectivity index (χ0n) is 15.8. The Labute approximate surface area is 173 Å². The van der Waals surface area contributed by atoms with Crippen LogP contribution < -0.4 is 0 Å². The molecule has 1 atom stereocenters. The molecular formula is C22H20ClNO5. The van der Waals surface area contributed by atoms with Gasteiger partial charge in [-0.2, -0.15) is 0 Å². The number of hydrogen-bond acceptors (Lipinski definition) is 5. The molecule has 0 radical (unpaired) electrons. The molecule has 1 aliphatic heterocycles. The lowest BCUT2D eigenvalue weighted by atomic mass is 9.94. The van der Waals surface area contributed by atoms with E-state index in [9.17, 15) is 14.4 Å². The maximum Gasteiger partial charge on any atom is 0.331 e. The molecule has 1 heterocycles. The highest BCUT2D eigenvalue weighted by molar-refractivity contribution is 6.32. The smallest absolute Gasteiger partial charge is 0.331 e. The summed E-state index contributed by atoms with van der Waals surface area (Å²) in [5.74, 6) is -1.64. The number of hydrogen-bond donors (Lipinski definition) is 0. The number of methoxy groups -OCH3 is 1. The third-order valence-corrected chi connectivity index (χ3v) is 5.03. The fraction of sp³-hybridized carbons (Fsp3) is 0.227.